The molecule has 1 aromatic heterocycles. The number of hydrogen-bond donors (Lipinski definition) is 3. The van der Waals surface area contributed by atoms with Crippen molar-refractivity contribution in [1.82, 2.24) is 10.6 Å². The first-order valence-corrected chi connectivity index (χ1v) is 6.36. The van der Waals surface area contributed by atoms with E-state index in [1.165, 1.54) is 0 Å². The van der Waals surface area contributed by atoms with E-state index in [4.69, 9.17) is 9.52 Å². The van der Waals surface area contributed by atoms with Crippen molar-refractivity contribution < 1.29 is 19.1 Å². The van der Waals surface area contributed by atoms with Gasteiger partial charge < -0.3 is 20.2 Å². The van der Waals surface area contributed by atoms with Crippen LogP contribution >= 0.6 is 0 Å². The summed E-state index contributed by atoms with van der Waals surface area (Å²) in [6.45, 7) is 2.64. The maximum absolute atomic E-state index is 11.4. The molecular formula is C13H20N2O4. The van der Waals surface area contributed by atoms with E-state index in [0.29, 0.717) is 32.4 Å². The van der Waals surface area contributed by atoms with E-state index in [-0.39, 0.29) is 11.9 Å². The predicted octanol–water partition coefficient (Wildman–Crippen LogP) is 1.62. The lowest BCUT2D eigenvalue weighted by Crippen LogP contribution is -2.37. The van der Waals surface area contributed by atoms with Gasteiger partial charge in [-0.15, -0.1) is 0 Å². The van der Waals surface area contributed by atoms with Gasteiger partial charge in [0.25, 0.3) is 0 Å². The quantitative estimate of drug-likeness (QED) is 0.625. The molecule has 3 N–H and O–H groups in total. The summed E-state index contributed by atoms with van der Waals surface area (Å²) >= 11 is 0. The third-order valence-corrected chi connectivity index (χ3v) is 2.76. The van der Waals surface area contributed by atoms with Crippen LogP contribution < -0.4 is 10.6 Å². The fraction of sp³-hybridized carbons (Fsp3) is 0.538. The van der Waals surface area contributed by atoms with E-state index in [9.17, 15) is 9.59 Å². The minimum atomic E-state index is -0.803. The number of carboxylic acids is 1. The Hall–Kier alpha value is -1.98. The summed E-state index contributed by atoms with van der Waals surface area (Å²) in [5, 5.41) is 14.1. The Morgan fingerprint density at radius 2 is 2.11 bits per heavy atom. The molecule has 0 aromatic carbocycles. The van der Waals surface area contributed by atoms with E-state index < -0.39 is 5.97 Å². The molecule has 1 rings (SSSR count). The number of amides is 2. The van der Waals surface area contributed by atoms with Crippen LogP contribution in [0.3, 0.4) is 0 Å². The van der Waals surface area contributed by atoms with Gasteiger partial charge >= 0.3 is 12.0 Å². The first-order valence-electron chi connectivity index (χ1n) is 6.36. The second kappa shape index (κ2) is 8.18. The van der Waals surface area contributed by atoms with Gasteiger partial charge in [0.1, 0.15) is 5.76 Å². The van der Waals surface area contributed by atoms with Crippen molar-refractivity contribution in [1.29, 1.82) is 0 Å². The van der Waals surface area contributed by atoms with Gasteiger partial charge in [-0.25, -0.2) is 4.79 Å². The van der Waals surface area contributed by atoms with Crippen molar-refractivity contribution in [3.8, 4) is 0 Å². The van der Waals surface area contributed by atoms with Crippen LogP contribution in [0.5, 0.6) is 0 Å². The third-order valence-electron chi connectivity index (χ3n) is 2.76. The van der Waals surface area contributed by atoms with Gasteiger partial charge in [-0.3, -0.25) is 4.79 Å². The third kappa shape index (κ3) is 6.49. The van der Waals surface area contributed by atoms with Crippen LogP contribution in [0.4, 0.5) is 4.79 Å². The van der Waals surface area contributed by atoms with E-state index in [1.54, 1.807) is 19.3 Å². The molecule has 1 unspecified atom stereocenters. The highest BCUT2D eigenvalue weighted by atomic mass is 16.4. The Morgan fingerprint density at radius 1 is 1.37 bits per heavy atom. The lowest BCUT2D eigenvalue weighted by Gasteiger charge is -2.08. The number of rotatable bonds is 8. The van der Waals surface area contributed by atoms with Crippen LogP contribution in [0.2, 0.25) is 0 Å². The molecule has 0 saturated heterocycles. The summed E-state index contributed by atoms with van der Waals surface area (Å²) in [5.41, 5.74) is 0. The van der Waals surface area contributed by atoms with Crippen LogP contribution in [0, 0.1) is 5.92 Å². The number of urea groups is 1. The zero-order chi connectivity index (χ0) is 14.1. The molecule has 0 saturated carbocycles. The molecule has 1 aromatic rings. The van der Waals surface area contributed by atoms with Crippen LogP contribution in [-0.4, -0.2) is 30.2 Å². The van der Waals surface area contributed by atoms with Crippen molar-refractivity contribution in [3.63, 3.8) is 0 Å². The van der Waals surface area contributed by atoms with Crippen LogP contribution in [0.25, 0.3) is 0 Å². The van der Waals surface area contributed by atoms with Gasteiger partial charge in [-0.1, -0.05) is 6.92 Å². The molecule has 19 heavy (non-hydrogen) atoms. The van der Waals surface area contributed by atoms with Gasteiger partial charge in [0.2, 0.25) is 0 Å². The van der Waals surface area contributed by atoms with Crippen molar-refractivity contribution in [3.05, 3.63) is 24.2 Å². The topological polar surface area (TPSA) is 91.6 Å². The summed E-state index contributed by atoms with van der Waals surface area (Å²) < 4.78 is 5.14. The average molecular weight is 268 g/mol. The van der Waals surface area contributed by atoms with Gasteiger partial charge in [0.15, 0.2) is 0 Å². The van der Waals surface area contributed by atoms with Gasteiger partial charge in [-0.05, 0) is 25.0 Å². The van der Waals surface area contributed by atoms with Gasteiger partial charge in [0, 0.05) is 19.5 Å². The van der Waals surface area contributed by atoms with Crippen molar-refractivity contribution in [2.75, 3.05) is 13.1 Å². The number of nitrogens with one attached hydrogen (secondary N) is 2. The highest BCUT2D eigenvalue weighted by Gasteiger charge is 2.09. The molecule has 0 spiro atoms. The Labute approximate surface area is 112 Å². The summed E-state index contributed by atoms with van der Waals surface area (Å²) in [6.07, 6.45) is 3.45. The number of hydrogen-bond acceptors (Lipinski definition) is 3. The molecule has 2 amide bonds. The maximum atomic E-state index is 11.4. The minimum Gasteiger partial charge on any atom is -0.481 e. The molecule has 0 fully saturated rings. The maximum Gasteiger partial charge on any atom is 0.314 e. The molecule has 6 heteroatoms. The van der Waals surface area contributed by atoms with Gasteiger partial charge in [-0.2, -0.15) is 0 Å². The molecule has 1 heterocycles. The highest BCUT2D eigenvalue weighted by Crippen LogP contribution is 2.04. The molecule has 6 nitrogen and oxygen atoms in total. The lowest BCUT2D eigenvalue weighted by molar-refractivity contribution is -0.141. The van der Waals surface area contributed by atoms with E-state index in [2.05, 4.69) is 10.6 Å². The number of carbonyl (C=O) groups excluding carboxylic acids is 1. The standard InChI is InChI=1S/C13H20N2O4/c1-10(12(16)17)4-2-7-14-13(18)15-8-6-11-5-3-9-19-11/h3,5,9-10H,2,4,6-8H2,1H3,(H,16,17)(H2,14,15,18). The van der Waals surface area contributed by atoms with Crippen molar-refractivity contribution in [2.45, 2.75) is 26.2 Å². The smallest absolute Gasteiger partial charge is 0.314 e. The average Bonchev–Trinajstić information content (AvgIpc) is 2.87. The highest BCUT2D eigenvalue weighted by molar-refractivity contribution is 5.73. The zero-order valence-corrected chi connectivity index (χ0v) is 11.0. The van der Waals surface area contributed by atoms with Crippen LogP contribution in [0.15, 0.2) is 22.8 Å². The summed E-state index contributed by atoms with van der Waals surface area (Å²) in [7, 11) is 0. The summed E-state index contributed by atoms with van der Waals surface area (Å²) in [5.74, 6) is -0.345. The number of carboxylic acid groups (broad SMARTS) is 1. The second-order valence-electron chi connectivity index (χ2n) is 4.39. The van der Waals surface area contributed by atoms with E-state index >= 15 is 0 Å². The fourth-order valence-corrected chi connectivity index (χ4v) is 1.55. The molecule has 0 aliphatic rings. The Kier molecular flexibility index (Phi) is 6.49. The van der Waals surface area contributed by atoms with Gasteiger partial charge in [0.05, 0.1) is 12.2 Å². The Morgan fingerprint density at radius 3 is 2.74 bits per heavy atom. The molecule has 1 atom stereocenters. The number of furan rings is 1. The molecule has 0 aliphatic heterocycles. The monoisotopic (exact) mass is 268 g/mol. The molecule has 0 aliphatic carbocycles. The number of carbonyl (C=O) groups is 2. The Bertz CT molecular complexity index is 389. The van der Waals surface area contributed by atoms with Crippen LogP contribution in [-0.2, 0) is 11.2 Å². The largest absolute Gasteiger partial charge is 0.481 e. The zero-order valence-electron chi connectivity index (χ0n) is 11.0. The minimum absolute atomic E-state index is 0.241. The summed E-state index contributed by atoms with van der Waals surface area (Å²) in [6, 6.07) is 3.42. The molecule has 0 bridgehead atoms. The normalized spacial score (nSPS) is 11.8. The summed E-state index contributed by atoms with van der Waals surface area (Å²) in [4.78, 5) is 22.0. The Balaban J connectivity index is 2.00. The first-order chi connectivity index (χ1) is 9.09. The predicted molar refractivity (Wildman–Crippen MR) is 69.8 cm³/mol. The van der Waals surface area contributed by atoms with Crippen molar-refractivity contribution in [2.24, 2.45) is 5.92 Å². The molecular weight excluding hydrogens is 248 g/mol. The fourth-order valence-electron chi connectivity index (χ4n) is 1.55. The molecule has 0 radical (unpaired) electrons. The number of aliphatic carboxylic acids is 1. The van der Waals surface area contributed by atoms with E-state index in [0.717, 1.165) is 5.76 Å². The molecule has 106 valence electrons. The van der Waals surface area contributed by atoms with Crippen LogP contribution in [0.1, 0.15) is 25.5 Å². The SMILES string of the molecule is CC(CCCNC(=O)NCCc1ccco1)C(=O)O. The first kappa shape index (κ1) is 15.1. The van der Waals surface area contributed by atoms with Crippen molar-refractivity contribution >= 4 is 12.0 Å². The second-order valence-corrected chi connectivity index (χ2v) is 4.39. The lowest BCUT2D eigenvalue weighted by atomic mass is 10.1. The van der Waals surface area contributed by atoms with E-state index in [1.807, 2.05) is 6.07 Å².